The average molecular weight is 417 g/mol. The van der Waals surface area contributed by atoms with Gasteiger partial charge < -0.3 is 14.5 Å². The first-order chi connectivity index (χ1) is 14.0. The van der Waals surface area contributed by atoms with E-state index in [1.165, 1.54) is 0 Å². The molecular weight excluding hydrogens is 392 g/mol. The van der Waals surface area contributed by atoms with E-state index < -0.39 is 0 Å². The molecule has 0 spiro atoms. The number of aryl methyl sites for hydroxylation is 1. The maximum atomic E-state index is 12.9. The smallest absolute Gasteiger partial charge is 0.253 e. The second-order valence-electron chi connectivity index (χ2n) is 7.56. The number of ether oxygens (including phenoxy) is 1. The van der Waals surface area contributed by atoms with E-state index in [1.54, 1.807) is 9.58 Å². The maximum absolute atomic E-state index is 12.9. The van der Waals surface area contributed by atoms with E-state index in [1.807, 2.05) is 43.0 Å². The summed E-state index contributed by atoms with van der Waals surface area (Å²) in [4.78, 5) is 28.9. The van der Waals surface area contributed by atoms with Crippen LogP contribution in [-0.2, 0) is 9.53 Å². The van der Waals surface area contributed by atoms with Crippen molar-refractivity contribution < 1.29 is 14.3 Å². The van der Waals surface area contributed by atoms with E-state index in [4.69, 9.17) is 16.3 Å². The van der Waals surface area contributed by atoms with Crippen molar-refractivity contribution in [3.63, 3.8) is 0 Å². The van der Waals surface area contributed by atoms with Crippen LogP contribution in [0.5, 0.6) is 0 Å². The minimum absolute atomic E-state index is 0.0211. The zero-order chi connectivity index (χ0) is 20.5. The number of benzene rings is 1. The summed E-state index contributed by atoms with van der Waals surface area (Å²) in [5.74, 6) is 0.0367. The number of carbonyl (C=O) groups is 2. The minimum atomic E-state index is -0.298. The monoisotopic (exact) mass is 416 g/mol. The predicted octanol–water partition coefficient (Wildman–Crippen LogP) is 2.61. The lowest BCUT2D eigenvalue weighted by molar-refractivity contribution is -0.142. The Morgan fingerprint density at radius 3 is 2.28 bits per heavy atom. The minimum Gasteiger partial charge on any atom is -0.368 e. The Morgan fingerprint density at radius 1 is 1.07 bits per heavy atom. The summed E-state index contributed by atoms with van der Waals surface area (Å²) in [5.41, 5.74) is 3.14. The summed E-state index contributed by atoms with van der Waals surface area (Å²) < 4.78 is 7.27. The fourth-order valence-corrected chi connectivity index (χ4v) is 4.03. The van der Waals surface area contributed by atoms with Gasteiger partial charge in [-0.1, -0.05) is 11.6 Å². The molecule has 2 fully saturated rings. The molecule has 0 radical (unpaired) electrons. The van der Waals surface area contributed by atoms with E-state index in [9.17, 15) is 9.59 Å². The molecule has 1 aromatic carbocycles. The van der Waals surface area contributed by atoms with Gasteiger partial charge in [-0.2, -0.15) is 5.10 Å². The quantitative estimate of drug-likeness (QED) is 0.771. The number of nitrogens with zero attached hydrogens (tertiary/aromatic N) is 4. The molecule has 2 saturated heterocycles. The van der Waals surface area contributed by atoms with Crippen LogP contribution >= 0.6 is 11.6 Å². The molecule has 2 aromatic rings. The van der Waals surface area contributed by atoms with Crippen molar-refractivity contribution in [1.82, 2.24) is 19.6 Å². The molecule has 29 heavy (non-hydrogen) atoms. The van der Waals surface area contributed by atoms with Gasteiger partial charge in [-0.3, -0.25) is 9.59 Å². The molecule has 0 N–H and O–H groups in total. The first kappa shape index (κ1) is 19.9. The highest BCUT2D eigenvalue weighted by atomic mass is 35.5. The molecule has 3 heterocycles. The van der Waals surface area contributed by atoms with Gasteiger partial charge in [0.15, 0.2) is 0 Å². The SMILES string of the molecule is Cc1nn(-c2ccc(C(=O)N3CCN(C(=O)C4CCCO4)CC3)cc2)c(C)c1Cl. The van der Waals surface area contributed by atoms with Crippen molar-refractivity contribution in [2.24, 2.45) is 0 Å². The number of hydrogen-bond acceptors (Lipinski definition) is 4. The van der Waals surface area contributed by atoms with Crippen LogP contribution in [0.3, 0.4) is 0 Å². The third kappa shape index (κ3) is 3.89. The van der Waals surface area contributed by atoms with Crippen molar-refractivity contribution in [3.05, 3.63) is 46.2 Å². The molecule has 0 aliphatic carbocycles. The molecule has 4 rings (SSSR count). The van der Waals surface area contributed by atoms with Gasteiger partial charge in [0.2, 0.25) is 0 Å². The van der Waals surface area contributed by atoms with Crippen molar-refractivity contribution in [1.29, 1.82) is 0 Å². The lowest BCUT2D eigenvalue weighted by atomic mass is 10.1. The Bertz CT molecular complexity index is 911. The van der Waals surface area contributed by atoms with Crippen LogP contribution in [0.15, 0.2) is 24.3 Å². The van der Waals surface area contributed by atoms with Gasteiger partial charge in [-0.15, -0.1) is 0 Å². The highest BCUT2D eigenvalue weighted by Gasteiger charge is 2.31. The van der Waals surface area contributed by atoms with E-state index in [-0.39, 0.29) is 17.9 Å². The van der Waals surface area contributed by atoms with Crippen molar-refractivity contribution >= 4 is 23.4 Å². The van der Waals surface area contributed by atoms with Gasteiger partial charge >= 0.3 is 0 Å². The highest BCUT2D eigenvalue weighted by Crippen LogP contribution is 2.23. The number of aromatic nitrogens is 2. The van der Waals surface area contributed by atoms with Gasteiger partial charge in [0.1, 0.15) is 6.10 Å². The average Bonchev–Trinajstić information content (AvgIpc) is 3.38. The summed E-state index contributed by atoms with van der Waals surface area (Å²) in [6.45, 7) is 6.61. The Morgan fingerprint density at radius 2 is 1.72 bits per heavy atom. The fraction of sp³-hybridized carbons (Fsp3) is 0.476. The number of carbonyl (C=O) groups excluding carboxylic acids is 2. The molecular formula is C21H25ClN4O3. The molecule has 154 valence electrons. The third-order valence-electron chi connectivity index (χ3n) is 5.65. The van der Waals surface area contributed by atoms with Crippen molar-refractivity contribution in [2.75, 3.05) is 32.8 Å². The first-order valence-electron chi connectivity index (χ1n) is 9.97. The summed E-state index contributed by atoms with van der Waals surface area (Å²) in [6.07, 6.45) is 1.44. The maximum Gasteiger partial charge on any atom is 0.253 e. The van der Waals surface area contributed by atoms with Crippen molar-refractivity contribution in [3.8, 4) is 5.69 Å². The van der Waals surface area contributed by atoms with Gasteiger partial charge in [0.25, 0.3) is 11.8 Å². The largest absolute Gasteiger partial charge is 0.368 e. The molecule has 2 amide bonds. The zero-order valence-electron chi connectivity index (χ0n) is 16.7. The normalized spacial score (nSPS) is 19.6. The molecule has 2 aliphatic heterocycles. The number of piperazine rings is 1. The van der Waals surface area contributed by atoms with Crippen LogP contribution in [0, 0.1) is 13.8 Å². The van der Waals surface area contributed by atoms with Crippen LogP contribution in [0.2, 0.25) is 5.02 Å². The second kappa shape index (κ2) is 8.16. The molecule has 0 bridgehead atoms. The van der Waals surface area contributed by atoms with Crippen LogP contribution in [0.25, 0.3) is 5.69 Å². The van der Waals surface area contributed by atoms with Crippen LogP contribution < -0.4 is 0 Å². The molecule has 7 nitrogen and oxygen atoms in total. The number of rotatable bonds is 3. The van der Waals surface area contributed by atoms with Crippen LogP contribution in [-0.4, -0.2) is 70.3 Å². The molecule has 1 atom stereocenters. The predicted molar refractivity (Wildman–Crippen MR) is 110 cm³/mol. The Balaban J connectivity index is 1.39. The van der Waals surface area contributed by atoms with Crippen LogP contribution in [0.4, 0.5) is 0 Å². The second-order valence-corrected chi connectivity index (χ2v) is 7.94. The van der Waals surface area contributed by atoms with E-state index in [0.717, 1.165) is 29.9 Å². The zero-order valence-corrected chi connectivity index (χ0v) is 17.5. The molecule has 8 heteroatoms. The number of hydrogen-bond donors (Lipinski definition) is 0. The fourth-order valence-electron chi connectivity index (χ4n) is 3.91. The lowest BCUT2D eigenvalue weighted by Crippen LogP contribution is -2.52. The molecule has 1 unspecified atom stereocenters. The summed E-state index contributed by atoms with van der Waals surface area (Å²) in [5, 5.41) is 5.10. The van der Waals surface area contributed by atoms with Gasteiger partial charge in [0, 0.05) is 38.3 Å². The Labute approximate surface area is 175 Å². The molecule has 2 aliphatic rings. The van der Waals surface area contributed by atoms with E-state index in [0.29, 0.717) is 43.4 Å². The number of amides is 2. The third-order valence-corrected chi connectivity index (χ3v) is 6.19. The van der Waals surface area contributed by atoms with Gasteiger partial charge in [-0.25, -0.2) is 4.68 Å². The summed E-state index contributed by atoms with van der Waals surface area (Å²) >= 11 is 6.23. The highest BCUT2D eigenvalue weighted by molar-refractivity contribution is 6.31. The molecule has 0 saturated carbocycles. The van der Waals surface area contributed by atoms with Gasteiger partial charge in [0.05, 0.1) is 22.1 Å². The standard InChI is InChI=1S/C21H25ClN4O3/c1-14-19(22)15(2)26(23-14)17-7-5-16(6-8-17)20(27)24-9-11-25(12-10-24)21(28)18-4-3-13-29-18/h5-8,18H,3-4,9-13H2,1-2H3. The first-order valence-corrected chi connectivity index (χ1v) is 10.4. The Hall–Kier alpha value is -2.38. The van der Waals surface area contributed by atoms with E-state index in [2.05, 4.69) is 5.10 Å². The van der Waals surface area contributed by atoms with Gasteiger partial charge in [-0.05, 0) is 51.0 Å². The lowest BCUT2D eigenvalue weighted by Gasteiger charge is -2.35. The van der Waals surface area contributed by atoms with E-state index >= 15 is 0 Å². The Kier molecular flexibility index (Phi) is 5.61. The number of halogens is 1. The van der Waals surface area contributed by atoms with Crippen molar-refractivity contribution in [2.45, 2.75) is 32.8 Å². The van der Waals surface area contributed by atoms with Crippen LogP contribution in [0.1, 0.15) is 34.6 Å². The molecule has 1 aromatic heterocycles. The topological polar surface area (TPSA) is 67.7 Å². The summed E-state index contributed by atoms with van der Waals surface area (Å²) in [6, 6.07) is 7.37. The summed E-state index contributed by atoms with van der Waals surface area (Å²) in [7, 11) is 0.